The molecule has 0 aliphatic carbocycles. The minimum Gasteiger partial charge on any atom is -0.467 e. The Labute approximate surface area is 398 Å². The summed E-state index contributed by atoms with van der Waals surface area (Å²) < 4.78 is 72.3. The molecule has 12 nitrogen and oxygen atoms in total. The van der Waals surface area contributed by atoms with Crippen LogP contribution < -0.4 is 0 Å². The van der Waals surface area contributed by atoms with Crippen molar-refractivity contribution in [1.82, 2.24) is 0 Å². The van der Waals surface area contributed by atoms with Crippen LogP contribution in [0.1, 0.15) is 33.4 Å². The summed E-state index contributed by atoms with van der Waals surface area (Å²) in [6.07, 6.45) is -9.19. The summed E-state index contributed by atoms with van der Waals surface area (Å²) in [6, 6.07) is 59.0. The second-order valence-electron chi connectivity index (χ2n) is 16.6. The molecule has 356 valence electrons. The Morgan fingerprint density at radius 1 is 0.368 bits per heavy atom. The Hall–Kier alpha value is -5.61. The van der Waals surface area contributed by atoms with Gasteiger partial charge in [0, 0.05) is 7.11 Å². The van der Waals surface area contributed by atoms with Gasteiger partial charge in [-0.1, -0.05) is 182 Å². The van der Waals surface area contributed by atoms with Crippen molar-refractivity contribution in [3.63, 3.8) is 0 Å². The molecule has 2 heterocycles. The van der Waals surface area contributed by atoms with Gasteiger partial charge in [0.15, 0.2) is 18.7 Å². The van der Waals surface area contributed by atoms with Crippen LogP contribution in [-0.2, 0) is 96.5 Å². The van der Waals surface area contributed by atoms with Gasteiger partial charge in [-0.05, 0) is 33.4 Å². The van der Waals surface area contributed by atoms with E-state index in [4.69, 9.17) is 52.1 Å². The number of carbonyl (C=O) groups is 1. The van der Waals surface area contributed by atoms with Crippen molar-refractivity contribution in [2.75, 3.05) is 20.8 Å². The molecule has 0 radical (unpaired) electrons. The number of esters is 1. The molecule has 2 fully saturated rings. The highest BCUT2D eigenvalue weighted by atomic mass is 16.8. The Morgan fingerprint density at radius 3 is 1.03 bits per heavy atom. The molecule has 6 aromatic rings. The van der Waals surface area contributed by atoms with Crippen LogP contribution in [0.2, 0.25) is 0 Å². The van der Waals surface area contributed by atoms with Crippen LogP contribution in [0.3, 0.4) is 0 Å². The van der Waals surface area contributed by atoms with Crippen molar-refractivity contribution in [3.8, 4) is 0 Å². The van der Waals surface area contributed by atoms with Crippen molar-refractivity contribution in [2.24, 2.45) is 0 Å². The summed E-state index contributed by atoms with van der Waals surface area (Å²) in [7, 11) is 2.89. The first-order valence-electron chi connectivity index (χ1n) is 23.0. The molecule has 0 amide bonds. The molecular weight excluding hydrogens is 865 g/mol. The highest BCUT2D eigenvalue weighted by Crippen LogP contribution is 2.35. The number of hydrogen-bond acceptors (Lipinski definition) is 12. The lowest BCUT2D eigenvalue weighted by Crippen LogP contribution is -2.64. The summed E-state index contributed by atoms with van der Waals surface area (Å²) in [5.74, 6) is -0.656. The monoisotopic (exact) mass is 924 g/mol. The quantitative estimate of drug-likeness (QED) is 0.0572. The number of rotatable bonds is 23. The number of methoxy groups -OCH3 is 2. The normalized spacial score (nSPS) is 24.9. The highest BCUT2D eigenvalue weighted by molar-refractivity contribution is 5.75. The van der Waals surface area contributed by atoms with Crippen LogP contribution >= 0.6 is 0 Å². The fourth-order valence-corrected chi connectivity index (χ4v) is 8.36. The molecule has 6 aromatic carbocycles. The summed E-state index contributed by atoms with van der Waals surface area (Å²) in [5.41, 5.74) is 5.63. The molecule has 0 saturated carbocycles. The van der Waals surface area contributed by atoms with Gasteiger partial charge in [-0.3, -0.25) is 0 Å². The van der Waals surface area contributed by atoms with E-state index < -0.39 is 67.4 Å². The van der Waals surface area contributed by atoms with Crippen molar-refractivity contribution in [1.29, 1.82) is 0 Å². The van der Waals surface area contributed by atoms with Gasteiger partial charge < -0.3 is 52.1 Å². The minimum atomic E-state index is -1.27. The molecular formula is C56H60O12. The van der Waals surface area contributed by atoms with E-state index in [1.54, 1.807) is 7.11 Å². The van der Waals surface area contributed by atoms with Crippen molar-refractivity contribution in [2.45, 2.75) is 101 Å². The molecule has 0 N–H and O–H groups in total. The summed E-state index contributed by atoms with van der Waals surface area (Å²) in [4.78, 5) is 13.9. The zero-order valence-electron chi connectivity index (χ0n) is 38.4. The van der Waals surface area contributed by atoms with Crippen molar-refractivity contribution >= 4 is 5.97 Å². The summed E-state index contributed by atoms with van der Waals surface area (Å²) in [5, 5.41) is 0. The lowest BCUT2D eigenvalue weighted by Gasteiger charge is -2.47. The van der Waals surface area contributed by atoms with Crippen molar-refractivity contribution < 1.29 is 56.9 Å². The molecule has 2 saturated heterocycles. The predicted octanol–water partition coefficient (Wildman–Crippen LogP) is 8.78. The van der Waals surface area contributed by atoms with Crippen LogP contribution in [-0.4, -0.2) is 88.2 Å². The molecule has 0 aromatic heterocycles. The van der Waals surface area contributed by atoms with E-state index in [1.807, 2.05) is 182 Å². The first-order valence-corrected chi connectivity index (χ1v) is 23.0. The maximum Gasteiger partial charge on any atom is 0.337 e. The fourth-order valence-electron chi connectivity index (χ4n) is 8.36. The minimum absolute atomic E-state index is 0.110. The Bertz CT molecular complexity index is 2330. The maximum absolute atomic E-state index is 13.9. The van der Waals surface area contributed by atoms with Gasteiger partial charge in [0.05, 0.1) is 53.4 Å². The second kappa shape index (κ2) is 25.7. The lowest BCUT2D eigenvalue weighted by atomic mass is 9.96. The van der Waals surface area contributed by atoms with E-state index in [0.717, 1.165) is 33.4 Å². The molecule has 10 atom stereocenters. The molecule has 2 aliphatic rings. The second-order valence-corrected chi connectivity index (χ2v) is 16.6. The van der Waals surface area contributed by atoms with E-state index in [9.17, 15) is 4.79 Å². The molecule has 8 rings (SSSR count). The number of hydrogen-bond donors (Lipinski definition) is 0. The van der Waals surface area contributed by atoms with Gasteiger partial charge in [0.25, 0.3) is 0 Å². The Kier molecular flexibility index (Phi) is 18.4. The van der Waals surface area contributed by atoms with E-state index in [-0.39, 0.29) is 46.2 Å². The van der Waals surface area contributed by atoms with Gasteiger partial charge in [0.1, 0.15) is 42.7 Å². The Balaban J connectivity index is 1.12. The SMILES string of the molecule is COC(=O)[C@H]1O[C@@H](OC[C@H]2O[C@H](OC)[C@H](OCc3ccccc3)[C@@H](OCc3ccccc3)[C@@H]2OCc2ccccc2)[C@@H](OCc2ccccc2)[C@@H](OCc2ccccc2)[C@@H]1OCc1ccccc1. The van der Waals surface area contributed by atoms with E-state index in [0.29, 0.717) is 0 Å². The maximum atomic E-state index is 13.9. The van der Waals surface area contributed by atoms with Crippen LogP contribution in [0.25, 0.3) is 0 Å². The average Bonchev–Trinajstić information content (AvgIpc) is 3.40. The summed E-state index contributed by atoms with van der Waals surface area (Å²) >= 11 is 0. The van der Waals surface area contributed by atoms with Gasteiger partial charge >= 0.3 is 5.97 Å². The summed E-state index contributed by atoms with van der Waals surface area (Å²) in [6.45, 7) is 1.19. The van der Waals surface area contributed by atoms with Gasteiger partial charge in [-0.15, -0.1) is 0 Å². The van der Waals surface area contributed by atoms with Gasteiger partial charge in [0.2, 0.25) is 0 Å². The zero-order valence-corrected chi connectivity index (χ0v) is 38.4. The fraction of sp³-hybridized carbons (Fsp3) is 0.339. The van der Waals surface area contributed by atoms with Gasteiger partial charge in [-0.25, -0.2) is 4.79 Å². The van der Waals surface area contributed by atoms with E-state index in [2.05, 4.69) is 0 Å². The molecule has 0 spiro atoms. The molecule has 0 unspecified atom stereocenters. The average molecular weight is 925 g/mol. The molecule has 0 bridgehead atoms. The third kappa shape index (κ3) is 13.5. The molecule has 12 heteroatoms. The smallest absolute Gasteiger partial charge is 0.337 e. The first kappa shape index (κ1) is 48.8. The van der Waals surface area contributed by atoms with E-state index >= 15 is 0 Å². The van der Waals surface area contributed by atoms with Crippen LogP contribution in [0.5, 0.6) is 0 Å². The Morgan fingerprint density at radius 2 is 0.676 bits per heavy atom. The third-order valence-corrected chi connectivity index (χ3v) is 11.9. The topological polar surface area (TPSA) is 119 Å². The lowest BCUT2D eigenvalue weighted by molar-refractivity contribution is -0.347. The third-order valence-electron chi connectivity index (χ3n) is 11.9. The van der Waals surface area contributed by atoms with Crippen molar-refractivity contribution in [3.05, 3.63) is 215 Å². The first-order chi connectivity index (χ1) is 33.6. The molecule has 2 aliphatic heterocycles. The molecule has 68 heavy (non-hydrogen) atoms. The van der Waals surface area contributed by atoms with Gasteiger partial charge in [-0.2, -0.15) is 0 Å². The van der Waals surface area contributed by atoms with Crippen LogP contribution in [0, 0.1) is 0 Å². The van der Waals surface area contributed by atoms with Crippen LogP contribution in [0.4, 0.5) is 0 Å². The number of carbonyl (C=O) groups excluding carboxylic acids is 1. The number of ether oxygens (including phenoxy) is 11. The van der Waals surface area contributed by atoms with Crippen LogP contribution in [0.15, 0.2) is 182 Å². The van der Waals surface area contributed by atoms with E-state index in [1.165, 1.54) is 7.11 Å². The zero-order chi connectivity index (χ0) is 46.8. The highest BCUT2D eigenvalue weighted by Gasteiger charge is 2.54. The number of benzene rings is 6. The largest absolute Gasteiger partial charge is 0.467 e. The predicted molar refractivity (Wildman–Crippen MR) is 252 cm³/mol. The standard InChI is InChI=1S/C56H60O12/c1-58-54(57)51-49(62-35-42-25-13-5-14-26-42)50(63-36-43-27-15-6-16-28-43)53(65-38-45-31-19-8-20-32-45)56(68-51)66-39-46-47(60-33-40-21-9-3-10-22-40)48(61-34-41-23-11-4-12-24-41)52(55(59-2)67-46)64-37-44-29-17-7-18-30-44/h3-32,46-53,55-56H,33-39H2,1-2H3/t46-,47-,48+,49+,50+,51+,52-,53+,55+,56-/m1/s1.